The van der Waals surface area contributed by atoms with Crippen LogP contribution in [0, 0.1) is 0 Å². The van der Waals surface area contributed by atoms with Crippen LogP contribution in [-0.4, -0.2) is 55.5 Å². The lowest BCUT2D eigenvalue weighted by Crippen LogP contribution is -2.50. The number of hydrogen-bond acceptors (Lipinski definition) is 6. The Hall–Kier alpha value is -2.23. The first-order chi connectivity index (χ1) is 15.1. The van der Waals surface area contributed by atoms with E-state index in [4.69, 9.17) is 4.74 Å². The van der Waals surface area contributed by atoms with E-state index in [-0.39, 0.29) is 36.9 Å². The van der Waals surface area contributed by atoms with Crippen molar-refractivity contribution in [1.82, 2.24) is 15.5 Å². The maximum absolute atomic E-state index is 13.3. The molecule has 1 aliphatic carbocycles. The summed E-state index contributed by atoms with van der Waals surface area (Å²) >= 11 is 2.76. The van der Waals surface area contributed by atoms with Crippen LogP contribution in [0.2, 0.25) is 0 Å². The fourth-order valence-electron chi connectivity index (χ4n) is 3.74. The summed E-state index contributed by atoms with van der Waals surface area (Å²) in [7, 11) is 1.56. The molecule has 1 saturated carbocycles. The number of rotatable bonds is 10. The Balaban J connectivity index is 1.74. The van der Waals surface area contributed by atoms with Gasteiger partial charge in [-0.15, -0.1) is 22.7 Å². The first-order valence-electron chi connectivity index (χ1n) is 10.5. The quantitative estimate of drug-likeness (QED) is 0.566. The van der Waals surface area contributed by atoms with Gasteiger partial charge in [0.2, 0.25) is 11.8 Å². The van der Waals surface area contributed by atoms with Gasteiger partial charge in [0, 0.05) is 24.6 Å². The molecule has 2 N–H and O–H groups in total. The molecule has 0 unspecified atom stereocenters. The lowest BCUT2D eigenvalue weighted by Gasteiger charge is -2.32. The van der Waals surface area contributed by atoms with Crippen molar-refractivity contribution in [3.63, 3.8) is 0 Å². The van der Waals surface area contributed by atoms with E-state index in [9.17, 15) is 14.4 Å². The Morgan fingerprint density at radius 2 is 1.87 bits per heavy atom. The first kappa shape index (κ1) is 23.4. The van der Waals surface area contributed by atoms with E-state index in [0.717, 1.165) is 30.6 Å². The van der Waals surface area contributed by atoms with Crippen LogP contribution < -0.4 is 10.6 Å². The molecule has 1 atom stereocenters. The molecule has 7 nitrogen and oxygen atoms in total. The van der Waals surface area contributed by atoms with Gasteiger partial charge in [-0.3, -0.25) is 14.4 Å². The zero-order valence-electron chi connectivity index (χ0n) is 17.7. The molecule has 0 radical (unpaired) electrons. The number of thiophene rings is 2. The summed E-state index contributed by atoms with van der Waals surface area (Å²) < 4.78 is 5.20. The summed E-state index contributed by atoms with van der Waals surface area (Å²) in [4.78, 5) is 41.6. The molecule has 0 bridgehead atoms. The average molecular weight is 464 g/mol. The molecule has 0 spiro atoms. The number of carbonyl (C=O) groups excluding carboxylic acids is 3. The van der Waals surface area contributed by atoms with E-state index in [1.807, 2.05) is 22.9 Å². The van der Waals surface area contributed by atoms with E-state index >= 15 is 0 Å². The number of amides is 3. The molecule has 31 heavy (non-hydrogen) atoms. The topological polar surface area (TPSA) is 87.7 Å². The number of hydrogen-bond donors (Lipinski definition) is 2. The van der Waals surface area contributed by atoms with Gasteiger partial charge in [0.15, 0.2) is 0 Å². The third kappa shape index (κ3) is 6.62. The summed E-state index contributed by atoms with van der Waals surface area (Å²) in [6.45, 7) is 0.368. The van der Waals surface area contributed by atoms with Crippen molar-refractivity contribution >= 4 is 40.4 Å². The van der Waals surface area contributed by atoms with E-state index in [1.165, 1.54) is 34.0 Å². The summed E-state index contributed by atoms with van der Waals surface area (Å²) in [6.07, 6.45) is 5.34. The van der Waals surface area contributed by atoms with E-state index < -0.39 is 6.04 Å². The van der Waals surface area contributed by atoms with Crippen LogP contribution in [0.5, 0.6) is 0 Å². The predicted octanol–water partition coefficient (Wildman–Crippen LogP) is 3.20. The lowest BCUT2D eigenvalue weighted by atomic mass is 9.95. The van der Waals surface area contributed by atoms with Gasteiger partial charge in [-0.1, -0.05) is 31.4 Å². The van der Waals surface area contributed by atoms with Gasteiger partial charge in [0.1, 0.15) is 6.04 Å². The van der Waals surface area contributed by atoms with Crippen molar-refractivity contribution in [3.8, 4) is 0 Å². The van der Waals surface area contributed by atoms with Gasteiger partial charge >= 0.3 is 0 Å². The number of ether oxygens (including phenoxy) is 1. The van der Waals surface area contributed by atoms with Crippen LogP contribution >= 0.6 is 22.7 Å². The highest BCUT2D eigenvalue weighted by molar-refractivity contribution is 7.12. The molecular weight excluding hydrogens is 434 g/mol. The summed E-state index contributed by atoms with van der Waals surface area (Å²) in [5, 5.41) is 9.53. The monoisotopic (exact) mass is 463 g/mol. The van der Waals surface area contributed by atoms with Crippen LogP contribution in [0.3, 0.4) is 0 Å². The normalized spacial score (nSPS) is 15.3. The molecule has 0 saturated heterocycles. The van der Waals surface area contributed by atoms with Crippen molar-refractivity contribution in [1.29, 1.82) is 0 Å². The minimum atomic E-state index is -0.747. The second kappa shape index (κ2) is 12.0. The maximum Gasteiger partial charge on any atom is 0.261 e. The molecule has 0 aliphatic heterocycles. The largest absolute Gasteiger partial charge is 0.383 e. The average Bonchev–Trinajstić information content (AvgIpc) is 3.50. The minimum Gasteiger partial charge on any atom is -0.383 e. The van der Waals surface area contributed by atoms with Crippen molar-refractivity contribution in [3.05, 3.63) is 44.8 Å². The Morgan fingerprint density at radius 3 is 2.52 bits per heavy atom. The van der Waals surface area contributed by atoms with Gasteiger partial charge in [-0.2, -0.15) is 0 Å². The van der Waals surface area contributed by atoms with E-state index in [0.29, 0.717) is 11.5 Å². The standard InChI is InChI=1S/C22H29N3O4S2/c1-29-12-11-25(19(26)15-23-21(27)18-10-6-14-31-18)20(17-9-5-13-30-17)22(28)24-16-7-3-2-4-8-16/h5-6,9-10,13-14,16,20H,2-4,7-8,11-12,15H2,1H3,(H,23,27)(H,24,28)/t20-/m0/s1. The Bertz CT molecular complexity index is 833. The smallest absolute Gasteiger partial charge is 0.261 e. The van der Waals surface area contributed by atoms with Gasteiger partial charge in [0.25, 0.3) is 5.91 Å². The van der Waals surface area contributed by atoms with Gasteiger partial charge in [0.05, 0.1) is 18.0 Å². The molecule has 2 heterocycles. The molecule has 1 aliphatic rings. The van der Waals surface area contributed by atoms with Crippen LogP contribution in [0.4, 0.5) is 0 Å². The SMILES string of the molecule is COCCN(C(=O)CNC(=O)c1cccs1)[C@H](C(=O)NC1CCCCC1)c1cccs1. The molecule has 9 heteroatoms. The van der Waals surface area contributed by atoms with Gasteiger partial charge in [-0.05, 0) is 35.7 Å². The Morgan fingerprint density at radius 1 is 1.13 bits per heavy atom. The van der Waals surface area contributed by atoms with Crippen LogP contribution in [0.25, 0.3) is 0 Å². The summed E-state index contributed by atoms with van der Waals surface area (Å²) in [5.74, 6) is -0.795. The van der Waals surface area contributed by atoms with E-state index in [2.05, 4.69) is 10.6 Å². The third-order valence-corrected chi connectivity index (χ3v) is 7.12. The number of carbonyl (C=O) groups is 3. The molecular formula is C22H29N3O4S2. The molecule has 2 aromatic heterocycles. The zero-order valence-corrected chi connectivity index (χ0v) is 19.3. The molecule has 1 fully saturated rings. The highest BCUT2D eigenvalue weighted by Crippen LogP contribution is 2.27. The third-order valence-electron chi connectivity index (χ3n) is 5.33. The van der Waals surface area contributed by atoms with E-state index in [1.54, 1.807) is 19.2 Å². The van der Waals surface area contributed by atoms with Crippen LogP contribution in [0.15, 0.2) is 35.0 Å². The van der Waals surface area contributed by atoms with Crippen molar-refractivity contribution in [2.24, 2.45) is 0 Å². The fourth-order valence-corrected chi connectivity index (χ4v) is 5.21. The highest BCUT2D eigenvalue weighted by atomic mass is 32.1. The van der Waals surface area contributed by atoms with Gasteiger partial charge < -0.3 is 20.3 Å². The molecule has 3 amide bonds. The Labute approximate surface area is 190 Å². The van der Waals surface area contributed by atoms with Crippen LogP contribution in [0.1, 0.15) is 52.7 Å². The summed E-state index contributed by atoms with van der Waals surface area (Å²) in [6, 6.07) is 6.63. The molecule has 0 aromatic carbocycles. The maximum atomic E-state index is 13.3. The molecule has 168 valence electrons. The summed E-state index contributed by atoms with van der Waals surface area (Å²) in [5.41, 5.74) is 0. The predicted molar refractivity (Wildman–Crippen MR) is 122 cm³/mol. The molecule has 3 rings (SSSR count). The van der Waals surface area contributed by atoms with Crippen LogP contribution in [-0.2, 0) is 14.3 Å². The lowest BCUT2D eigenvalue weighted by molar-refractivity contribution is -0.141. The number of nitrogens with one attached hydrogen (secondary N) is 2. The van der Waals surface area contributed by atoms with Crippen molar-refractivity contribution in [2.45, 2.75) is 44.2 Å². The van der Waals surface area contributed by atoms with Gasteiger partial charge in [-0.25, -0.2) is 0 Å². The second-order valence-corrected chi connectivity index (χ2v) is 9.43. The fraction of sp³-hybridized carbons (Fsp3) is 0.500. The highest BCUT2D eigenvalue weighted by Gasteiger charge is 2.33. The first-order valence-corrected chi connectivity index (χ1v) is 12.3. The van der Waals surface area contributed by atoms with Crippen molar-refractivity contribution < 1.29 is 19.1 Å². The molecule has 2 aromatic rings. The number of methoxy groups -OCH3 is 1. The minimum absolute atomic E-state index is 0.140. The van der Waals surface area contributed by atoms with Crippen molar-refractivity contribution in [2.75, 3.05) is 26.8 Å². The zero-order chi connectivity index (χ0) is 22.1. The number of nitrogens with zero attached hydrogens (tertiary/aromatic N) is 1. The second-order valence-electron chi connectivity index (χ2n) is 7.50. The Kier molecular flexibility index (Phi) is 9.05.